The number of halogens is 1. The number of aryl methyl sites for hydroxylation is 1. The first-order valence-electron chi connectivity index (χ1n) is 8.44. The zero-order chi connectivity index (χ0) is 18.9. The molecule has 0 radical (unpaired) electrons. The van der Waals surface area contributed by atoms with Crippen molar-refractivity contribution in [3.63, 3.8) is 0 Å². The van der Waals surface area contributed by atoms with Crippen molar-refractivity contribution in [3.8, 4) is 11.5 Å². The average molecular weight is 394 g/mol. The summed E-state index contributed by atoms with van der Waals surface area (Å²) in [7, 11) is 3.20. The van der Waals surface area contributed by atoms with Crippen LogP contribution in [0.25, 0.3) is 0 Å². The SMILES string of the molecule is COc1ccc(SC(C)C(=O)NCCCc2ccc(Cl)cc2)cc1OC. The van der Waals surface area contributed by atoms with Crippen molar-refractivity contribution in [3.05, 3.63) is 53.1 Å². The van der Waals surface area contributed by atoms with Crippen molar-refractivity contribution in [2.24, 2.45) is 0 Å². The van der Waals surface area contributed by atoms with Gasteiger partial charge in [-0.05, 0) is 55.7 Å². The summed E-state index contributed by atoms with van der Waals surface area (Å²) in [6.45, 7) is 2.55. The Morgan fingerprint density at radius 1 is 1.12 bits per heavy atom. The van der Waals surface area contributed by atoms with Gasteiger partial charge in [0.2, 0.25) is 5.91 Å². The molecule has 0 aliphatic carbocycles. The molecule has 2 aromatic carbocycles. The van der Waals surface area contributed by atoms with Gasteiger partial charge in [0.15, 0.2) is 11.5 Å². The van der Waals surface area contributed by atoms with Crippen molar-refractivity contribution in [2.75, 3.05) is 20.8 Å². The molecule has 6 heteroatoms. The fraction of sp³-hybridized carbons (Fsp3) is 0.350. The van der Waals surface area contributed by atoms with E-state index in [1.807, 2.05) is 49.4 Å². The van der Waals surface area contributed by atoms with Gasteiger partial charge in [-0.25, -0.2) is 0 Å². The van der Waals surface area contributed by atoms with Crippen LogP contribution in [-0.2, 0) is 11.2 Å². The van der Waals surface area contributed by atoms with Crippen LogP contribution in [0.2, 0.25) is 5.02 Å². The smallest absolute Gasteiger partial charge is 0.233 e. The normalized spacial score (nSPS) is 11.7. The van der Waals surface area contributed by atoms with Gasteiger partial charge in [0.25, 0.3) is 0 Å². The van der Waals surface area contributed by atoms with Gasteiger partial charge in [-0.3, -0.25) is 4.79 Å². The van der Waals surface area contributed by atoms with Crippen LogP contribution in [-0.4, -0.2) is 31.9 Å². The minimum Gasteiger partial charge on any atom is -0.493 e. The van der Waals surface area contributed by atoms with Crippen LogP contribution in [0, 0.1) is 0 Å². The second-order valence-corrected chi connectivity index (χ2v) is 7.65. The van der Waals surface area contributed by atoms with E-state index in [-0.39, 0.29) is 11.2 Å². The number of methoxy groups -OCH3 is 2. The van der Waals surface area contributed by atoms with Gasteiger partial charge in [-0.1, -0.05) is 23.7 Å². The highest BCUT2D eigenvalue weighted by Crippen LogP contribution is 2.33. The maximum absolute atomic E-state index is 12.3. The van der Waals surface area contributed by atoms with Crippen LogP contribution >= 0.6 is 23.4 Å². The zero-order valence-electron chi connectivity index (χ0n) is 15.3. The number of carbonyl (C=O) groups excluding carboxylic acids is 1. The number of hydrogen-bond acceptors (Lipinski definition) is 4. The Labute approximate surface area is 164 Å². The van der Waals surface area contributed by atoms with Crippen LogP contribution in [0.4, 0.5) is 0 Å². The molecule has 0 aliphatic rings. The largest absolute Gasteiger partial charge is 0.493 e. The van der Waals surface area contributed by atoms with E-state index < -0.39 is 0 Å². The predicted octanol–water partition coefficient (Wildman–Crippen LogP) is 4.59. The van der Waals surface area contributed by atoms with Crippen LogP contribution in [0.5, 0.6) is 11.5 Å². The van der Waals surface area contributed by atoms with Crippen LogP contribution in [0.15, 0.2) is 47.4 Å². The average Bonchev–Trinajstić information content (AvgIpc) is 2.66. The molecule has 140 valence electrons. The van der Waals surface area contributed by atoms with Crippen LogP contribution in [0.3, 0.4) is 0 Å². The molecule has 2 rings (SSSR count). The van der Waals surface area contributed by atoms with Crippen molar-refractivity contribution >= 4 is 29.3 Å². The first kappa shape index (κ1) is 20.5. The minimum absolute atomic E-state index is 0.0286. The molecule has 0 bridgehead atoms. The van der Waals surface area contributed by atoms with Gasteiger partial charge in [-0.15, -0.1) is 11.8 Å². The lowest BCUT2D eigenvalue weighted by Crippen LogP contribution is -2.31. The van der Waals surface area contributed by atoms with E-state index in [1.165, 1.54) is 17.3 Å². The molecule has 4 nitrogen and oxygen atoms in total. The molecule has 1 atom stereocenters. The van der Waals surface area contributed by atoms with Gasteiger partial charge < -0.3 is 14.8 Å². The van der Waals surface area contributed by atoms with Gasteiger partial charge >= 0.3 is 0 Å². The minimum atomic E-state index is -0.191. The van der Waals surface area contributed by atoms with Gasteiger partial charge in [0, 0.05) is 16.5 Å². The standard InChI is InChI=1S/C20H24ClNO3S/c1-14(26-17-10-11-18(24-2)19(13-17)25-3)20(23)22-12-4-5-15-6-8-16(21)9-7-15/h6-11,13-14H,4-5,12H2,1-3H3,(H,22,23). The van der Waals surface area contributed by atoms with Gasteiger partial charge in [-0.2, -0.15) is 0 Å². The number of nitrogens with one attached hydrogen (secondary N) is 1. The molecule has 0 saturated carbocycles. The third-order valence-electron chi connectivity index (χ3n) is 3.89. The van der Waals surface area contributed by atoms with Crippen molar-refractivity contribution < 1.29 is 14.3 Å². The number of amides is 1. The number of rotatable bonds is 9. The van der Waals surface area contributed by atoms with Crippen molar-refractivity contribution in [1.82, 2.24) is 5.32 Å². The summed E-state index contributed by atoms with van der Waals surface area (Å²) in [4.78, 5) is 13.2. The Morgan fingerprint density at radius 3 is 2.46 bits per heavy atom. The number of hydrogen-bond donors (Lipinski definition) is 1. The van der Waals surface area contributed by atoms with Gasteiger partial charge in [0.1, 0.15) is 0 Å². The summed E-state index contributed by atoms with van der Waals surface area (Å²) in [5.41, 5.74) is 1.22. The lowest BCUT2D eigenvalue weighted by atomic mass is 10.1. The van der Waals surface area contributed by atoms with E-state index >= 15 is 0 Å². The van der Waals surface area contributed by atoms with Gasteiger partial charge in [0.05, 0.1) is 19.5 Å². The summed E-state index contributed by atoms with van der Waals surface area (Å²) < 4.78 is 10.5. The van der Waals surface area contributed by atoms with Crippen LogP contribution < -0.4 is 14.8 Å². The fourth-order valence-electron chi connectivity index (χ4n) is 2.45. The maximum Gasteiger partial charge on any atom is 0.233 e. The second-order valence-electron chi connectivity index (χ2n) is 5.80. The quantitative estimate of drug-likeness (QED) is 0.500. The number of carbonyl (C=O) groups is 1. The molecule has 1 amide bonds. The number of thioether (sulfide) groups is 1. The molecular weight excluding hydrogens is 370 g/mol. The van der Waals surface area contributed by atoms with E-state index in [0.717, 1.165) is 22.8 Å². The maximum atomic E-state index is 12.3. The fourth-order valence-corrected chi connectivity index (χ4v) is 3.49. The highest BCUT2D eigenvalue weighted by molar-refractivity contribution is 8.00. The molecule has 1 unspecified atom stereocenters. The monoisotopic (exact) mass is 393 g/mol. The Balaban J connectivity index is 1.77. The highest BCUT2D eigenvalue weighted by Gasteiger charge is 2.15. The molecule has 1 N–H and O–H groups in total. The van der Waals surface area contributed by atoms with E-state index in [4.69, 9.17) is 21.1 Å². The summed E-state index contributed by atoms with van der Waals surface area (Å²) in [5.74, 6) is 1.37. The number of ether oxygens (including phenoxy) is 2. The van der Waals surface area contributed by atoms with E-state index in [0.29, 0.717) is 18.0 Å². The Morgan fingerprint density at radius 2 is 1.81 bits per heavy atom. The molecule has 0 spiro atoms. The Kier molecular flexibility index (Phi) is 8.13. The molecular formula is C20H24ClNO3S. The molecule has 2 aromatic rings. The Hall–Kier alpha value is -1.85. The zero-order valence-corrected chi connectivity index (χ0v) is 16.8. The van der Waals surface area contributed by atoms with E-state index in [9.17, 15) is 4.79 Å². The second kappa shape index (κ2) is 10.3. The molecule has 0 aromatic heterocycles. The lowest BCUT2D eigenvalue weighted by Gasteiger charge is -2.14. The highest BCUT2D eigenvalue weighted by atomic mass is 35.5. The first-order chi connectivity index (χ1) is 12.5. The summed E-state index contributed by atoms with van der Waals surface area (Å²) in [6.07, 6.45) is 1.80. The Bertz CT molecular complexity index is 721. The predicted molar refractivity (Wildman–Crippen MR) is 108 cm³/mol. The lowest BCUT2D eigenvalue weighted by molar-refractivity contribution is -0.120. The first-order valence-corrected chi connectivity index (χ1v) is 9.70. The summed E-state index contributed by atoms with van der Waals surface area (Å²) in [6, 6.07) is 13.5. The van der Waals surface area contributed by atoms with E-state index in [1.54, 1.807) is 14.2 Å². The summed E-state index contributed by atoms with van der Waals surface area (Å²) >= 11 is 7.37. The number of benzene rings is 2. The molecule has 0 heterocycles. The molecule has 0 aliphatic heterocycles. The topological polar surface area (TPSA) is 47.6 Å². The molecule has 26 heavy (non-hydrogen) atoms. The third kappa shape index (κ3) is 6.15. The third-order valence-corrected chi connectivity index (χ3v) is 5.24. The molecule has 0 saturated heterocycles. The van der Waals surface area contributed by atoms with Crippen molar-refractivity contribution in [2.45, 2.75) is 29.9 Å². The van der Waals surface area contributed by atoms with E-state index in [2.05, 4.69) is 5.32 Å². The van der Waals surface area contributed by atoms with Crippen molar-refractivity contribution in [1.29, 1.82) is 0 Å². The molecule has 0 fully saturated rings. The summed E-state index contributed by atoms with van der Waals surface area (Å²) in [5, 5.41) is 3.54. The van der Waals surface area contributed by atoms with Crippen LogP contribution in [0.1, 0.15) is 18.9 Å².